The number of rotatable bonds is 4. The number of hydrogen-bond donors (Lipinski definition) is 0. The van der Waals surface area contributed by atoms with Crippen molar-refractivity contribution in [1.29, 1.82) is 0 Å². The van der Waals surface area contributed by atoms with E-state index in [2.05, 4.69) is 12.1 Å². The Morgan fingerprint density at radius 1 is 1.00 bits per heavy atom. The number of hydrogen-bond acceptors (Lipinski definition) is 2. The molecule has 0 radical (unpaired) electrons. The Balaban J connectivity index is 1.52. The predicted octanol–water partition coefficient (Wildman–Crippen LogP) is 3.66. The fraction of sp³-hybridized carbons (Fsp3) is 0.364. The molecule has 2 aliphatic rings. The second-order valence-corrected chi connectivity index (χ2v) is 7.18. The van der Waals surface area contributed by atoms with Gasteiger partial charge in [-0.05, 0) is 49.4 Å². The summed E-state index contributed by atoms with van der Waals surface area (Å²) in [4.78, 5) is 28.9. The van der Waals surface area contributed by atoms with Crippen molar-refractivity contribution in [1.82, 2.24) is 4.90 Å². The van der Waals surface area contributed by atoms with Crippen molar-refractivity contribution in [3.05, 3.63) is 65.7 Å². The summed E-state index contributed by atoms with van der Waals surface area (Å²) in [5.74, 6) is 0.231. The molecular weight excluding hydrogens is 324 g/mol. The minimum Gasteiger partial charge on any atom is -0.335 e. The number of likely N-dealkylation sites (tertiary alicyclic amines) is 1. The van der Waals surface area contributed by atoms with Crippen molar-refractivity contribution in [3.63, 3.8) is 0 Å². The Hall–Kier alpha value is -2.62. The predicted molar refractivity (Wildman–Crippen MR) is 102 cm³/mol. The molecule has 0 bridgehead atoms. The molecule has 2 aromatic rings. The van der Waals surface area contributed by atoms with E-state index in [4.69, 9.17) is 0 Å². The standard InChI is InChI=1S/C22H24N2O2/c25-21-12-6-13-23(21)20-10-4-9-18(16-20)22(26)24-14-5-11-19(24)15-17-7-2-1-3-8-17/h1-4,7-10,16,19H,5-6,11-15H2. The van der Waals surface area contributed by atoms with Gasteiger partial charge < -0.3 is 9.80 Å². The minimum absolute atomic E-state index is 0.0805. The average Bonchev–Trinajstić information content (AvgIpc) is 3.31. The van der Waals surface area contributed by atoms with Crippen LogP contribution in [-0.4, -0.2) is 35.8 Å². The third-order valence-corrected chi connectivity index (χ3v) is 5.43. The molecule has 4 heteroatoms. The second kappa shape index (κ2) is 7.32. The van der Waals surface area contributed by atoms with Crippen LogP contribution >= 0.6 is 0 Å². The quantitative estimate of drug-likeness (QED) is 0.846. The van der Waals surface area contributed by atoms with Crippen LogP contribution in [0.25, 0.3) is 0 Å². The highest BCUT2D eigenvalue weighted by molar-refractivity contribution is 5.99. The zero-order chi connectivity index (χ0) is 17.9. The first-order chi connectivity index (χ1) is 12.7. The SMILES string of the molecule is O=C1CCCN1c1cccc(C(=O)N2CCCC2Cc2ccccc2)c1. The van der Waals surface area contributed by atoms with Crippen LogP contribution in [0.5, 0.6) is 0 Å². The summed E-state index contributed by atoms with van der Waals surface area (Å²) in [5.41, 5.74) is 2.80. The molecule has 2 aromatic carbocycles. The van der Waals surface area contributed by atoms with Gasteiger partial charge in [-0.15, -0.1) is 0 Å². The van der Waals surface area contributed by atoms with E-state index in [1.54, 1.807) is 4.90 Å². The lowest BCUT2D eigenvalue weighted by molar-refractivity contribution is -0.117. The Bertz CT molecular complexity index is 803. The van der Waals surface area contributed by atoms with Crippen LogP contribution in [0.2, 0.25) is 0 Å². The van der Waals surface area contributed by atoms with Crippen molar-refractivity contribution in [2.24, 2.45) is 0 Å². The Morgan fingerprint density at radius 2 is 1.85 bits per heavy atom. The maximum Gasteiger partial charge on any atom is 0.254 e. The Labute approximate surface area is 154 Å². The van der Waals surface area contributed by atoms with Gasteiger partial charge in [-0.2, -0.15) is 0 Å². The molecule has 4 nitrogen and oxygen atoms in total. The summed E-state index contributed by atoms with van der Waals surface area (Å²) in [6.45, 7) is 1.56. The van der Waals surface area contributed by atoms with Gasteiger partial charge in [-0.1, -0.05) is 36.4 Å². The molecule has 2 amide bonds. The average molecular weight is 348 g/mol. The number of amides is 2. The number of benzene rings is 2. The molecule has 0 aliphatic carbocycles. The monoisotopic (exact) mass is 348 g/mol. The van der Waals surface area contributed by atoms with Crippen LogP contribution in [0.15, 0.2) is 54.6 Å². The van der Waals surface area contributed by atoms with Crippen molar-refractivity contribution >= 4 is 17.5 Å². The summed E-state index contributed by atoms with van der Waals surface area (Å²) in [5, 5.41) is 0. The van der Waals surface area contributed by atoms with E-state index in [0.29, 0.717) is 12.0 Å². The molecular formula is C22H24N2O2. The molecule has 1 atom stereocenters. The third-order valence-electron chi connectivity index (χ3n) is 5.43. The lowest BCUT2D eigenvalue weighted by atomic mass is 10.0. The summed E-state index contributed by atoms with van der Waals surface area (Å²) in [6, 6.07) is 18.2. The molecule has 2 fully saturated rings. The normalized spacial score (nSPS) is 20.0. The number of carbonyl (C=O) groups is 2. The van der Waals surface area contributed by atoms with Crippen molar-refractivity contribution in [2.75, 3.05) is 18.0 Å². The fourth-order valence-electron chi connectivity index (χ4n) is 4.10. The second-order valence-electron chi connectivity index (χ2n) is 7.18. The molecule has 0 saturated carbocycles. The number of carbonyl (C=O) groups excluding carboxylic acids is 2. The van der Waals surface area contributed by atoms with Gasteiger partial charge in [0, 0.05) is 36.8 Å². The van der Waals surface area contributed by atoms with Gasteiger partial charge in [0.1, 0.15) is 0 Å². The fourth-order valence-corrected chi connectivity index (χ4v) is 4.10. The number of nitrogens with zero attached hydrogens (tertiary/aromatic N) is 2. The first kappa shape index (κ1) is 16.8. The third kappa shape index (κ3) is 3.36. The van der Waals surface area contributed by atoms with Gasteiger partial charge in [0.05, 0.1) is 0 Å². The van der Waals surface area contributed by atoms with Crippen molar-refractivity contribution in [3.8, 4) is 0 Å². The molecule has 2 saturated heterocycles. The topological polar surface area (TPSA) is 40.6 Å². The number of anilines is 1. The lowest BCUT2D eigenvalue weighted by Crippen LogP contribution is -2.37. The van der Waals surface area contributed by atoms with Crippen LogP contribution in [0.3, 0.4) is 0 Å². The molecule has 0 aromatic heterocycles. The van der Waals surface area contributed by atoms with E-state index in [-0.39, 0.29) is 17.9 Å². The van der Waals surface area contributed by atoms with Gasteiger partial charge in [-0.25, -0.2) is 0 Å². The van der Waals surface area contributed by atoms with E-state index < -0.39 is 0 Å². The summed E-state index contributed by atoms with van der Waals surface area (Å²) < 4.78 is 0. The van der Waals surface area contributed by atoms with Crippen molar-refractivity contribution < 1.29 is 9.59 Å². The van der Waals surface area contributed by atoms with E-state index in [0.717, 1.165) is 44.5 Å². The molecule has 2 aliphatic heterocycles. The highest BCUT2D eigenvalue weighted by Crippen LogP contribution is 2.26. The van der Waals surface area contributed by atoms with E-state index in [1.807, 2.05) is 47.4 Å². The van der Waals surface area contributed by atoms with Crippen LogP contribution in [0.1, 0.15) is 41.6 Å². The van der Waals surface area contributed by atoms with Crippen molar-refractivity contribution in [2.45, 2.75) is 38.1 Å². The van der Waals surface area contributed by atoms with Crippen LogP contribution < -0.4 is 4.90 Å². The van der Waals surface area contributed by atoms with Gasteiger partial charge >= 0.3 is 0 Å². The summed E-state index contributed by atoms with van der Waals surface area (Å²) in [6.07, 6.45) is 4.49. The zero-order valence-corrected chi connectivity index (χ0v) is 14.9. The van der Waals surface area contributed by atoms with Gasteiger partial charge in [-0.3, -0.25) is 9.59 Å². The first-order valence-corrected chi connectivity index (χ1v) is 9.48. The maximum absolute atomic E-state index is 13.1. The van der Waals surface area contributed by atoms with Gasteiger partial charge in [0.25, 0.3) is 5.91 Å². The van der Waals surface area contributed by atoms with Crippen LogP contribution in [0.4, 0.5) is 5.69 Å². The highest BCUT2D eigenvalue weighted by atomic mass is 16.2. The minimum atomic E-state index is 0.0805. The first-order valence-electron chi connectivity index (χ1n) is 9.48. The van der Waals surface area contributed by atoms with E-state index in [9.17, 15) is 9.59 Å². The smallest absolute Gasteiger partial charge is 0.254 e. The lowest BCUT2D eigenvalue weighted by Gasteiger charge is -2.25. The van der Waals surface area contributed by atoms with Crippen LogP contribution in [0, 0.1) is 0 Å². The largest absolute Gasteiger partial charge is 0.335 e. The summed E-state index contributed by atoms with van der Waals surface area (Å²) in [7, 11) is 0. The van der Waals surface area contributed by atoms with Gasteiger partial charge in [0.2, 0.25) is 5.91 Å². The molecule has 134 valence electrons. The molecule has 4 rings (SSSR count). The highest BCUT2D eigenvalue weighted by Gasteiger charge is 2.30. The Morgan fingerprint density at radius 3 is 2.62 bits per heavy atom. The molecule has 0 spiro atoms. The molecule has 1 unspecified atom stereocenters. The van der Waals surface area contributed by atoms with Crippen LogP contribution in [-0.2, 0) is 11.2 Å². The van der Waals surface area contributed by atoms with Gasteiger partial charge in [0.15, 0.2) is 0 Å². The summed E-state index contributed by atoms with van der Waals surface area (Å²) >= 11 is 0. The maximum atomic E-state index is 13.1. The van der Waals surface area contributed by atoms with E-state index >= 15 is 0 Å². The zero-order valence-electron chi connectivity index (χ0n) is 14.9. The molecule has 0 N–H and O–H groups in total. The molecule has 2 heterocycles. The Kier molecular flexibility index (Phi) is 4.74. The molecule has 26 heavy (non-hydrogen) atoms. The van der Waals surface area contributed by atoms with E-state index in [1.165, 1.54) is 5.56 Å².